The molecule has 0 aliphatic heterocycles. The Morgan fingerprint density at radius 1 is 1.29 bits per heavy atom. The van der Waals surface area contributed by atoms with Crippen molar-refractivity contribution < 1.29 is 19.4 Å². The Bertz CT molecular complexity index is 485. The van der Waals surface area contributed by atoms with Gasteiger partial charge in [0.25, 0.3) is 0 Å². The van der Waals surface area contributed by atoms with Crippen LogP contribution < -0.4 is 11.1 Å². The lowest BCUT2D eigenvalue weighted by atomic mass is 10.0. The van der Waals surface area contributed by atoms with Crippen molar-refractivity contribution in [2.45, 2.75) is 32.4 Å². The largest absolute Gasteiger partial charge is 0.508 e. The molecule has 6 nitrogen and oxygen atoms in total. The summed E-state index contributed by atoms with van der Waals surface area (Å²) in [6.07, 6.45) is 0.318. The molecular weight excluding hydrogens is 272 g/mol. The smallest absolute Gasteiger partial charge is 0.328 e. The van der Waals surface area contributed by atoms with Crippen LogP contribution in [0.25, 0.3) is 0 Å². The quantitative estimate of drug-likeness (QED) is 0.666. The minimum Gasteiger partial charge on any atom is -0.508 e. The summed E-state index contributed by atoms with van der Waals surface area (Å²) in [6.45, 7) is 3.63. The molecule has 4 N–H and O–H groups in total. The number of esters is 1. The SMILES string of the molecule is COC(=O)C(NC(=O)[C@@H](N)Cc1ccc(O)cc1)C(C)C. The van der Waals surface area contributed by atoms with Crippen LogP contribution in [0, 0.1) is 5.92 Å². The monoisotopic (exact) mass is 294 g/mol. The lowest BCUT2D eigenvalue weighted by Gasteiger charge is -2.22. The molecule has 1 aromatic rings. The number of aromatic hydroxyl groups is 1. The van der Waals surface area contributed by atoms with Crippen molar-refractivity contribution in [3.05, 3.63) is 29.8 Å². The van der Waals surface area contributed by atoms with Crippen molar-refractivity contribution >= 4 is 11.9 Å². The van der Waals surface area contributed by atoms with Crippen LogP contribution in [0.15, 0.2) is 24.3 Å². The first kappa shape index (κ1) is 17.0. The lowest BCUT2D eigenvalue weighted by Crippen LogP contribution is -2.51. The van der Waals surface area contributed by atoms with E-state index in [1.807, 2.05) is 13.8 Å². The standard InChI is InChI=1S/C15H22N2O4/c1-9(2)13(15(20)21-3)17-14(19)12(16)8-10-4-6-11(18)7-5-10/h4-7,9,12-13,18H,8,16H2,1-3H3,(H,17,19)/t12-,13?/m0/s1. The Morgan fingerprint density at radius 3 is 2.33 bits per heavy atom. The predicted molar refractivity (Wildman–Crippen MR) is 78.6 cm³/mol. The van der Waals surface area contributed by atoms with Crippen molar-refractivity contribution in [2.75, 3.05) is 7.11 Å². The van der Waals surface area contributed by atoms with Gasteiger partial charge in [0.2, 0.25) is 5.91 Å². The van der Waals surface area contributed by atoms with Crippen molar-refractivity contribution in [1.82, 2.24) is 5.32 Å². The molecule has 21 heavy (non-hydrogen) atoms. The minimum absolute atomic E-state index is 0.0951. The van der Waals surface area contributed by atoms with Gasteiger partial charge < -0.3 is 20.9 Å². The molecule has 1 amide bonds. The third kappa shape index (κ3) is 5.07. The number of nitrogens with one attached hydrogen (secondary N) is 1. The molecule has 0 heterocycles. The zero-order chi connectivity index (χ0) is 16.0. The maximum atomic E-state index is 12.1. The van der Waals surface area contributed by atoms with Crippen LogP contribution in [-0.4, -0.2) is 36.2 Å². The first-order valence-electron chi connectivity index (χ1n) is 6.76. The summed E-state index contributed by atoms with van der Waals surface area (Å²) in [5, 5.41) is 11.8. The predicted octanol–water partition coefficient (Wildman–Crippen LogP) is 0.576. The third-order valence-corrected chi connectivity index (χ3v) is 3.15. The molecule has 116 valence electrons. The van der Waals surface area contributed by atoms with Gasteiger partial charge in [-0.3, -0.25) is 4.79 Å². The number of methoxy groups -OCH3 is 1. The Balaban J connectivity index is 2.64. The van der Waals surface area contributed by atoms with Crippen LogP contribution in [-0.2, 0) is 20.7 Å². The summed E-state index contributed by atoms with van der Waals surface area (Å²) in [7, 11) is 1.28. The molecular formula is C15H22N2O4. The fourth-order valence-electron chi connectivity index (χ4n) is 1.86. The number of carbonyl (C=O) groups is 2. The molecule has 0 aliphatic rings. The van der Waals surface area contributed by atoms with Crippen LogP contribution in [0.4, 0.5) is 0 Å². The summed E-state index contributed by atoms with van der Waals surface area (Å²) in [5.74, 6) is -0.841. The number of amides is 1. The van der Waals surface area contributed by atoms with Gasteiger partial charge in [0, 0.05) is 0 Å². The maximum absolute atomic E-state index is 12.1. The van der Waals surface area contributed by atoms with Crippen molar-refractivity contribution in [3.8, 4) is 5.75 Å². The Hall–Kier alpha value is -2.08. The minimum atomic E-state index is -0.777. The van der Waals surface area contributed by atoms with E-state index in [1.54, 1.807) is 12.1 Å². The molecule has 2 atom stereocenters. The molecule has 0 radical (unpaired) electrons. The second-order valence-electron chi connectivity index (χ2n) is 5.23. The van der Waals surface area contributed by atoms with Crippen LogP contribution >= 0.6 is 0 Å². The second-order valence-corrected chi connectivity index (χ2v) is 5.23. The molecule has 0 aromatic heterocycles. The highest BCUT2D eigenvalue weighted by Crippen LogP contribution is 2.11. The summed E-state index contributed by atoms with van der Waals surface area (Å²) < 4.78 is 4.66. The number of benzene rings is 1. The summed E-state index contributed by atoms with van der Waals surface area (Å²) in [5.41, 5.74) is 6.68. The Labute approximate surface area is 124 Å². The average molecular weight is 294 g/mol. The molecule has 1 aromatic carbocycles. The van der Waals surface area contributed by atoms with Gasteiger partial charge in [0.1, 0.15) is 11.8 Å². The van der Waals surface area contributed by atoms with E-state index in [9.17, 15) is 14.7 Å². The maximum Gasteiger partial charge on any atom is 0.328 e. The number of phenolic OH excluding ortho intramolecular Hbond substituents is 1. The zero-order valence-corrected chi connectivity index (χ0v) is 12.5. The first-order valence-corrected chi connectivity index (χ1v) is 6.76. The number of rotatable bonds is 6. The van der Waals surface area contributed by atoms with E-state index >= 15 is 0 Å². The van der Waals surface area contributed by atoms with Crippen LogP contribution in [0.5, 0.6) is 5.75 Å². The fraction of sp³-hybridized carbons (Fsp3) is 0.467. The van der Waals surface area contributed by atoms with Gasteiger partial charge in [-0.25, -0.2) is 4.79 Å². The number of phenols is 1. The van der Waals surface area contributed by atoms with Crippen molar-refractivity contribution in [3.63, 3.8) is 0 Å². The summed E-state index contributed by atoms with van der Waals surface area (Å²) >= 11 is 0. The lowest BCUT2D eigenvalue weighted by molar-refractivity contribution is -0.146. The van der Waals surface area contributed by atoms with Gasteiger partial charge in [0.05, 0.1) is 13.2 Å². The van der Waals surface area contributed by atoms with Crippen molar-refractivity contribution in [2.24, 2.45) is 11.7 Å². The summed E-state index contributed by atoms with van der Waals surface area (Å²) in [6, 6.07) is 4.97. The van der Waals surface area contributed by atoms with Crippen LogP contribution in [0.1, 0.15) is 19.4 Å². The van der Waals surface area contributed by atoms with Gasteiger partial charge >= 0.3 is 5.97 Å². The number of ether oxygens (including phenoxy) is 1. The fourth-order valence-corrected chi connectivity index (χ4v) is 1.86. The Kier molecular flexibility index (Phi) is 6.17. The molecule has 1 rings (SSSR count). The van der Waals surface area contributed by atoms with Crippen LogP contribution in [0.3, 0.4) is 0 Å². The van der Waals surface area contributed by atoms with E-state index in [0.717, 1.165) is 5.56 Å². The molecule has 6 heteroatoms. The second kappa shape index (κ2) is 7.64. The van der Waals surface area contributed by atoms with Gasteiger partial charge in [-0.1, -0.05) is 26.0 Å². The van der Waals surface area contributed by atoms with E-state index in [-0.39, 0.29) is 11.7 Å². The Morgan fingerprint density at radius 2 is 1.86 bits per heavy atom. The third-order valence-electron chi connectivity index (χ3n) is 3.15. The highest BCUT2D eigenvalue weighted by molar-refractivity contribution is 5.87. The van der Waals surface area contributed by atoms with E-state index in [4.69, 9.17) is 5.73 Å². The van der Waals surface area contributed by atoms with E-state index in [0.29, 0.717) is 6.42 Å². The van der Waals surface area contributed by atoms with Gasteiger partial charge in [-0.2, -0.15) is 0 Å². The van der Waals surface area contributed by atoms with E-state index in [2.05, 4.69) is 10.1 Å². The molecule has 0 bridgehead atoms. The van der Waals surface area contributed by atoms with Gasteiger partial charge in [-0.15, -0.1) is 0 Å². The molecule has 0 saturated carbocycles. The topological polar surface area (TPSA) is 102 Å². The van der Waals surface area contributed by atoms with E-state index in [1.165, 1.54) is 19.2 Å². The van der Waals surface area contributed by atoms with Gasteiger partial charge in [0.15, 0.2) is 0 Å². The van der Waals surface area contributed by atoms with E-state index < -0.39 is 24.0 Å². The van der Waals surface area contributed by atoms with Crippen LogP contribution in [0.2, 0.25) is 0 Å². The molecule has 1 unspecified atom stereocenters. The highest BCUT2D eigenvalue weighted by Gasteiger charge is 2.27. The van der Waals surface area contributed by atoms with Crippen molar-refractivity contribution in [1.29, 1.82) is 0 Å². The summed E-state index contributed by atoms with van der Waals surface area (Å²) in [4.78, 5) is 23.7. The number of hydrogen-bond donors (Lipinski definition) is 3. The number of nitrogens with two attached hydrogens (primary N) is 1. The zero-order valence-electron chi connectivity index (χ0n) is 12.5. The molecule has 0 aliphatic carbocycles. The normalized spacial score (nSPS) is 13.6. The van der Waals surface area contributed by atoms with Gasteiger partial charge in [-0.05, 0) is 30.0 Å². The number of carbonyl (C=O) groups excluding carboxylic acids is 2. The number of hydrogen-bond acceptors (Lipinski definition) is 5. The average Bonchev–Trinajstić information content (AvgIpc) is 2.45. The molecule has 0 spiro atoms. The molecule has 0 saturated heterocycles. The first-order chi connectivity index (χ1) is 9.85. The highest BCUT2D eigenvalue weighted by atomic mass is 16.5. The molecule has 0 fully saturated rings.